The second-order valence-electron chi connectivity index (χ2n) is 4.45. The van der Waals surface area contributed by atoms with Crippen molar-refractivity contribution in [3.8, 4) is 5.69 Å². The zero-order valence-corrected chi connectivity index (χ0v) is 12.6. The fourth-order valence-corrected chi connectivity index (χ4v) is 2.55. The minimum Gasteiger partial charge on any atom is -0.468 e. The molecular weight excluding hydrogens is 276 g/mol. The van der Waals surface area contributed by atoms with Crippen LogP contribution in [-0.2, 0) is 9.53 Å². The molecule has 0 aliphatic rings. The first kappa shape index (κ1) is 14.5. The normalized spacial score (nSPS) is 12.2. The lowest BCUT2D eigenvalue weighted by atomic mass is 10.1. The summed E-state index contributed by atoms with van der Waals surface area (Å²) >= 11 is 1.27. The molecule has 20 heavy (non-hydrogen) atoms. The molecular formula is C13H16N4O2S. The Morgan fingerprint density at radius 2 is 2.15 bits per heavy atom. The highest BCUT2D eigenvalue weighted by Gasteiger charge is 2.20. The predicted molar refractivity (Wildman–Crippen MR) is 76.0 cm³/mol. The molecule has 0 aliphatic heterocycles. The molecule has 0 saturated heterocycles. The zero-order valence-electron chi connectivity index (χ0n) is 11.8. The fourth-order valence-electron chi connectivity index (χ4n) is 1.72. The molecule has 0 bridgehead atoms. The first-order valence-corrected chi connectivity index (χ1v) is 7.01. The van der Waals surface area contributed by atoms with Crippen LogP contribution in [-0.4, -0.2) is 38.5 Å². The van der Waals surface area contributed by atoms with Gasteiger partial charge in [0.1, 0.15) is 5.25 Å². The monoisotopic (exact) mass is 292 g/mol. The summed E-state index contributed by atoms with van der Waals surface area (Å²) in [5, 5.41) is 11.9. The molecule has 6 nitrogen and oxygen atoms in total. The topological polar surface area (TPSA) is 69.9 Å². The Morgan fingerprint density at radius 1 is 1.40 bits per heavy atom. The van der Waals surface area contributed by atoms with Crippen LogP contribution < -0.4 is 0 Å². The molecule has 7 heteroatoms. The average molecular weight is 292 g/mol. The van der Waals surface area contributed by atoms with E-state index in [9.17, 15) is 4.79 Å². The van der Waals surface area contributed by atoms with Gasteiger partial charge >= 0.3 is 5.97 Å². The van der Waals surface area contributed by atoms with Crippen molar-refractivity contribution >= 4 is 17.7 Å². The van der Waals surface area contributed by atoms with Crippen LogP contribution in [0.3, 0.4) is 0 Å². The quantitative estimate of drug-likeness (QED) is 0.633. The van der Waals surface area contributed by atoms with E-state index in [1.807, 2.05) is 32.0 Å². The van der Waals surface area contributed by atoms with Crippen molar-refractivity contribution in [3.63, 3.8) is 0 Å². The van der Waals surface area contributed by atoms with Crippen LogP contribution in [0.15, 0.2) is 23.4 Å². The van der Waals surface area contributed by atoms with Gasteiger partial charge in [-0.2, -0.15) is 4.68 Å². The predicted octanol–water partition coefficient (Wildman–Crippen LogP) is 1.93. The van der Waals surface area contributed by atoms with E-state index in [1.54, 1.807) is 11.6 Å². The lowest BCUT2D eigenvalue weighted by molar-refractivity contribution is -0.139. The smallest absolute Gasteiger partial charge is 0.318 e. The Bertz CT molecular complexity index is 627. The Kier molecular flexibility index (Phi) is 4.39. The lowest BCUT2D eigenvalue weighted by Gasteiger charge is -2.10. The highest BCUT2D eigenvalue weighted by atomic mass is 32.2. The highest BCUT2D eigenvalue weighted by molar-refractivity contribution is 8.00. The van der Waals surface area contributed by atoms with Crippen molar-refractivity contribution in [2.24, 2.45) is 0 Å². The van der Waals surface area contributed by atoms with Gasteiger partial charge < -0.3 is 4.74 Å². The van der Waals surface area contributed by atoms with E-state index in [2.05, 4.69) is 15.5 Å². The number of tetrazole rings is 1. The number of esters is 1. The van der Waals surface area contributed by atoms with Crippen LogP contribution in [0, 0.1) is 13.8 Å². The standard InChI is InChI=1S/C13H16N4O2S/c1-8-5-6-9(2)11(7-8)17-13(14-15-16-17)20-10(3)12(18)19-4/h5-7,10H,1-4H3. The number of thioether (sulfide) groups is 1. The molecule has 1 atom stereocenters. The van der Waals surface area contributed by atoms with Crippen molar-refractivity contribution in [2.75, 3.05) is 7.11 Å². The fraction of sp³-hybridized carbons (Fsp3) is 0.385. The molecule has 1 heterocycles. The number of benzene rings is 1. The Labute approximate surface area is 121 Å². The summed E-state index contributed by atoms with van der Waals surface area (Å²) in [6.45, 7) is 5.77. The third kappa shape index (κ3) is 2.98. The Hall–Kier alpha value is -1.89. The first-order valence-electron chi connectivity index (χ1n) is 6.13. The number of rotatable bonds is 4. The van der Waals surface area contributed by atoms with Crippen LogP contribution in [0.2, 0.25) is 0 Å². The number of nitrogens with zero attached hydrogens (tertiary/aromatic N) is 4. The van der Waals surface area contributed by atoms with Crippen LogP contribution in [0.5, 0.6) is 0 Å². The first-order chi connectivity index (χ1) is 9.52. The van der Waals surface area contributed by atoms with Crippen LogP contribution in [0.4, 0.5) is 0 Å². The third-order valence-electron chi connectivity index (χ3n) is 2.85. The van der Waals surface area contributed by atoms with E-state index in [0.29, 0.717) is 5.16 Å². The Balaban J connectivity index is 2.33. The molecule has 2 aromatic rings. The largest absolute Gasteiger partial charge is 0.468 e. The Morgan fingerprint density at radius 3 is 2.85 bits per heavy atom. The van der Waals surface area contributed by atoms with E-state index < -0.39 is 0 Å². The highest BCUT2D eigenvalue weighted by Crippen LogP contribution is 2.25. The second-order valence-corrected chi connectivity index (χ2v) is 5.75. The van der Waals surface area contributed by atoms with Gasteiger partial charge in [-0.05, 0) is 48.4 Å². The van der Waals surface area contributed by atoms with Gasteiger partial charge in [0.2, 0.25) is 5.16 Å². The van der Waals surface area contributed by atoms with Crippen LogP contribution >= 0.6 is 11.8 Å². The summed E-state index contributed by atoms with van der Waals surface area (Å²) in [6, 6.07) is 6.07. The third-order valence-corrected chi connectivity index (χ3v) is 3.86. The molecule has 2 rings (SSSR count). The summed E-state index contributed by atoms with van der Waals surface area (Å²) in [5.74, 6) is -0.300. The number of aromatic nitrogens is 4. The molecule has 0 saturated carbocycles. The van der Waals surface area contributed by atoms with Gasteiger partial charge in [0.15, 0.2) is 0 Å². The maximum absolute atomic E-state index is 11.5. The van der Waals surface area contributed by atoms with E-state index in [1.165, 1.54) is 18.9 Å². The van der Waals surface area contributed by atoms with E-state index in [4.69, 9.17) is 4.74 Å². The minimum atomic E-state index is -0.366. The molecule has 0 amide bonds. The molecule has 106 valence electrons. The number of hydrogen-bond acceptors (Lipinski definition) is 6. The summed E-state index contributed by atoms with van der Waals surface area (Å²) in [5.41, 5.74) is 3.10. The zero-order chi connectivity index (χ0) is 14.7. The van der Waals surface area contributed by atoms with E-state index in [0.717, 1.165) is 16.8 Å². The number of aryl methyl sites for hydroxylation is 2. The van der Waals surface area contributed by atoms with Gasteiger partial charge in [-0.25, -0.2) is 0 Å². The van der Waals surface area contributed by atoms with Gasteiger partial charge in [0.05, 0.1) is 12.8 Å². The van der Waals surface area contributed by atoms with Crippen molar-refractivity contribution in [1.29, 1.82) is 0 Å². The van der Waals surface area contributed by atoms with Crippen molar-refractivity contribution < 1.29 is 9.53 Å². The molecule has 1 unspecified atom stereocenters. The van der Waals surface area contributed by atoms with Crippen molar-refractivity contribution in [1.82, 2.24) is 20.2 Å². The van der Waals surface area contributed by atoms with Crippen molar-refractivity contribution in [2.45, 2.75) is 31.2 Å². The summed E-state index contributed by atoms with van der Waals surface area (Å²) in [4.78, 5) is 11.5. The number of hydrogen-bond donors (Lipinski definition) is 0. The number of carbonyl (C=O) groups is 1. The van der Waals surface area contributed by atoms with Crippen LogP contribution in [0.25, 0.3) is 5.69 Å². The SMILES string of the molecule is COC(=O)C(C)Sc1nnnn1-c1cc(C)ccc1C. The molecule has 1 aromatic heterocycles. The number of ether oxygens (including phenoxy) is 1. The van der Waals surface area contributed by atoms with E-state index >= 15 is 0 Å². The molecule has 0 radical (unpaired) electrons. The molecule has 0 spiro atoms. The molecule has 1 aromatic carbocycles. The van der Waals surface area contributed by atoms with Crippen LogP contribution in [0.1, 0.15) is 18.1 Å². The summed E-state index contributed by atoms with van der Waals surface area (Å²) in [6.07, 6.45) is 0. The van der Waals surface area contributed by atoms with Gasteiger partial charge in [-0.3, -0.25) is 4.79 Å². The van der Waals surface area contributed by atoms with Crippen molar-refractivity contribution in [3.05, 3.63) is 29.3 Å². The maximum atomic E-state index is 11.5. The summed E-state index contributed by atoms with van der Waals surface area (Å²) in [7, 11) is 1.37. The summed E-state index contributed by atoms with van der Waals surface area (Å²) < 4.78 is 6.36. The maximum Gasteiger partial charge on any atom is 0.318 e. The van der Waals surface area contributed by atoms with Gasteiger partial charge in [0, 0.05) is 0 Å². The molecule has 0 fully saturated rings. The van der Waals surface area contributed by atoms with Gasteiger partial charge in [-0.15, -0.1) is 5.10 Å². The van der Waals surface area contributed by atoms with Gasteiger partial charge in [0.25, 0.3) is 0 Å². The number of methoxy groups -OCH3 is 1. The second kappa shape index (κ2) is 6.04. The van der Waals surface area contributed by atoms with E-state index in [-0.39, 0.29) is 11.2 Å². The van der Waals surface area contributed by atoms with Gasteiger partial charge in [-0.1, -0.05) is 23.9 Å². The number of carbonyl (C=O) groups excluding carboxylic acids is 1. The molecule has 0 N–H and O–H groups in total. The lowest BCUT2D eigenvalue weighted by Crippen LogP contribution is -2.15. The average Bonchev–Trinajstić information content (AvgIpc) is 2.88. The molecule has 0 aliphatic carbocycles. The minimum absolute atomic E-state index is 0.300.